The molecule has 0 aliphatic carbocycles. The topological polar surface area (TPSA) is 103 Å². The van der Waals surface area contributed by atoms with Crippen LogP contribution in [0.25, 0.3) is 0 Å². The normalized spacial score (nSPS) is 11.7. The lowest BCUT2D eigenvalue weighted by atomic mass is 10.1. The number of ether oxygens (including phenoxy) is 2. The summed E-state index contributed by atoms with van der Waals surface area (Å²) in [6, 6.07) is 3.46. The number of nitrogens with one attached hydrogen (secondary N) is 1. The number of hydrogen-bond donors (Lipinski definition) is 1. The van der Waals surface area contributed by atoms with Crippen molar-refractivity contribution in [2.75, 3.05) is 6.61 Å². The van der Waals surface area contributed by atoms with Gasteiger partial charge in [-0.25, -0.2) is 4.79 Å². The SMILES string of the molecule is CCOC(=O)c1c(C)[nH]c(C(=O)[C@H](C)OC(=O)CCC(=O)c2cccs2)c1C. The van der Waals surface area contributed by atoms with Crippen molar-refractivity contribution in [1.82, 2.24) is 4.98 Å². The van der Waals surface area contributed by atoms with E-state index in [0.29, 0.717) is 21.7 Å². The van der Waals surface area contributed by atoms with Crippen LogP contribution in [0.5, 0.6) is 0 Å². The van der Waals surface area contributed by atoms with Gasteiger partial charge in [-0.05, 0) is 44.7 Å². The highest BCUT2D eigenvalue weighted by Gasteiger charge is 2.27. The predicted molar refractivity (Wildman–Crippen MR) is 104 cm³/mol. The Morgan fingerprint density at radius 2 is 1.89 bits per heavy atom. The average Bonchev–Trinajstić information content (AvgIpc) is 3.27. The molecule has 0 aliphatic heterocycles. The predicted octanol–water partition coefficient (Wildman–Crippen LogP) is 3.65. The zero-order valence-corrected chi connectivity index (χ0v) is 17.1. The summed E-state index contributed by atoms with van der Waals surface area (Å²) < 4.78 is 10.2. The summed E-state index contributed by atoms with van der Waals surface area (Å²) in [6.45, 7) is 6.69. The van der Waals surface area contributed by atoms with Crippen LogP contribution in [-0.4, -0.2) is 41.2 Å². The molecule has 1 N–H and O–H groups in total. The first-order chi connectivity index (χ1) is 13.3. The highest BCUT2D eigenvalue weighted by atomic mass is 32.1. The van der Waals surface area contributed by atoms with Crippen LogP contribution in [-0.2, 0) is 14.3 Å². The second kappa shape index (κ2) is 9.45. The highest BCUT2D eigenvalue weighted by Crippen LogP contribution is 2.21. The third-order valence-electron chi connectivity index (χ3n) is 4.19. The standard InChI is InChI=1S/C20H23NO6S/c1-5-26-20(25)17-11(2)18(21-12(17)3)19(24)13(4)27-16(23)9-8-14(22)15-7-6-10-28-15/h6-7,10,13,21H,5,8-9H2,1-4H3/t13-/m0/s1. The maximum absolute atomic E-state index is 12.6. The number of esters is 2. The number of rotatable bonds is 9. The van der Waals surface area contributed by atoms with E-state index >= 15 is 0 Å². The van der Waals surface area contributed by atoms with Gasteiger partial charge < -0.3 is 14.5 Å². The van der Waals surface area contributed by atoms with Crippen LogP contribution in [0.3, 0.4) is 0 Å². The lowest BCUT2D eigenvalue weighted by Gasteiger charge is -2.12. The molecule has 2 heterocycles. The van der Waals surface area contributed by atoms with Crippen molar-refractivity contribution in [1.29, 1.82) is 0 Å². The Balaban J connectivity index is 1.98. The van der Waals surface area contributed by atoms with E-state index in [1.54, 1.807) is 38.3 Å². The van der Waals surface area contributed by atoms with E-state index in [2.05, 4.69) is 4.98 Å². The van der Waals surface area contributed by atoms with Gasteiger partial charge in [0.25, 0.3) is 0 Å². The Hall–Kier alpha value is -2.74. The largest absolute Gasteiger partial charge is 0.462 e. The second-order valence-electron chi connectivity index (χ2n) is 6.24. The van der Waals surface area contributed by atoms with E-state index in [1.165, 1.54) is 18.3 Å². The zero-order valence-electron chi connectivity index (χ0n) is 16.3. The van der Waals surface area contributed by atoms with Crippen molar-refractivity contribution in [3.8, 4) is 0 Å². The maximum Gasteiger partial charge on any atom is 0.340 e. The van der Waals surface area contributed by atoms with Gasteiger partial charge in [0.15, 0.2) is 11.9 Å². The van der Waals surface area contributed by atoms with E-state index in [1.807, 2.05) is 0 Å². The van der Waals surface area contributed by atoms with E-state index in [-0.39, 0.29) is 30.9 Å². The molecule has 0 bridgehead atoms. The average molecular weight is 405 g/mol. The summed E-state index contributed by atoms with van der Waals surface area (Å²) in [5.41, 5.74) is 1.48. The summed E-state index contributed by atoms with van der Waals surface area (Å²) in [5, 5.41) is 1.79. The summed E-state index contributed by atoms with van der Waals surface area (Å²) >= 11 is 1.31. The molecule has 150 valence electrons. The van der Waals surface area contributed by atoms with Crippen LogP contribution in [0.1, 0.15) is 68.5 Å². The van der Waals surface area contributed by atoms with Crippen LogP contribution < -0.4 is 0 Å². The summed E-state index contributed by atoms with van der Waals surface area (Å²) in [4.78, 5) is 52.1. The Kier molecular flexibility index (Phi) is 7.28. The van der Waals surface area contributed by atoms with Gasteiger partial charge in [0.1, 0.15) is 0 Å². The minimum atomic E-state index is -1.05. The molecule has 0 fully saturated rings. The number of carbonyl (C=O) groups is 4. The lowest BCUT2D eigenvalue weighted by Crippen LogP contribution is -2.25. The third-order valence-corrected chi connectivity index (χ3v) is 5.10. The lowest BCUT2D eigenvalue weighted by molar-refractivity contribution is -0.146. The van der Waals surface area contributed by atoms with Gasteiger partial charge in [-0.2, -0.15) is 0 Å². The van der Waals surface area contributed by atoms with Gasteiger partial charge in [0.2, 0.25) is 5.78 Å². The fourth-order valence-corrected chi connectivity index (χ4v) is 3.49. The van der Waals surface area contributed by atoms with Gasteiger partial charge in [-0.15, -0.1) is 11.3 Å². The zero-order chi connectivity index (χ0) is 20.8. The summed E-state index contributed by atoms with van der Waals surface area (Å²) in [5.74, 6) is -1.73. The number of aryl methyl sites for hydroxylation is 1. The first-order valence-electron chi connectivity index (χ1n) is 8.92. The van der Waals surface area contributed by atoms with Gasteiger partial charge in [0, 0.05) is 12.1 Å². The van der Waals surface area contributed by atoms with Crippen molar-refractivity contribution in [2.45, 2.75) is 46.6 Å². The number of H-pyrrole nitrogens is 1. The third kappa shape index (κ3) is 4.95. The number of carbonyl (C=O) groups excluding carboxylic acids is 4. The van der Waals surface area contributed by atoms with Crippen LogP contribution >= 0.6 is 11.3 Å². The Morgan fingerprint density at radius 1 is 1.18 bits per heavy atom. The molecule has 0 spiro atoms. The molecule has 1 atom stereocenters. The molecule has 0 unspecified atom stereocenters. The molecule has 8 heteroatoms. The second-order valence-corrected chi connectivity index (χ2v) is 7.19. The first kappa shape index (κ1) is 21.6. The number of aromatic amines is 1. The first-order valence-corrected chi connectivity index (χ1v) is 9.80. The number of ketones is 2. The van der Waals surface area contributed by atoms with Crippen LogP contribution in [0.15, 0.2) is 17.5 Å². The molecule has 28 heavy (non-hydrogen) atoms. The fraction of sp³-hybridized carbons (Fsp3) is 0.400. The summed E-state index contributed by atoms with van der Waals surface area (Å²) in [7, 11) is 0. The van der Waals surface area contributed by atoms with E-state index < -0.39 is 23.8 Å². The quantitative estimate of drug-likeness (QED) is 0.505. The molecule has 0 saturated carbocycles. The molecule has 0 aliphatic rings. The van der Waals surface area contributed by atoms with Crippen molar-refractivity contribution in [3.05, 3.63) is 44.9 Å². The molecule has 0 radical (unpaired) electrons. The fourth-order valence-electron chi connectivity index (χ4n) is 2.79. The van der Waals surface area contributed by atoms with Crippen LogP contribution in [0, 0.1) is 13.8 Å². The van der Waals surface area contributed by atoms with E-state index in [0.717, 1.165) is 0 Å². The Bertz CT molecular complexity index is 881. The minimum absolute atomic E-state index is 0.0217. The van der Waals surface area contributed by atoms with Gasteiger partial charge in [0.05, 0.1) is 29.2 Å². The maximum atomic E-state index is 12.6. The van der Waals surface area contributed by atoms with Crippen molar-refractivity contribution in [2.24, 2.45) is 0 Å². The van der Waals surface area contributed by atoms with Crippen molar-refractivity contribution in [3.63, 3.8) is 0 Å². The number of hydrogen-bond acceptors (Lipinski definition) is 7. The molecule has 0 saturated heterocycles. The molecular weight excluding hydrogens is 382 g/mol. The molecular formula is C20H23NO6S. The van der Waals surface area contributed by atoms with Crippen LogP contribution in [0.2, 0.25) is 0 Å². The molecule has 2 aromatic rings. The molecule has 2 rings (SSSR count). The van der Waals surface area contributed by atoms with Crippen molar-refractivity contribution >= 4 is 34.8 Å². The Morgan fingerprint density at radius 3 is 2.50 bits per heavy atom. The monoisotopic (exact) mass is 405 g/mol. The summed E-state index contributed by atoms with van der Waals surface area (Å²) in [6.07, 6.45) is -1.13. The Labute approximate surface area is 167 Å². The number of Topliss-reactive ketones (excluding diaryl/α,β-unsaturated/α-hetero) is 2. The van der Waals surface area contributed by atoms with Gasteiger partial charge in [-0.1, -0.05) is 6.07 Å². The smallest absolute Gasteiger partial charge is 0.340 e. The number of aromatic nitrogens is 1. The molecule has 2 aromatic heterocycles. The van der Waals surface area contributed by atoms with E-state index in [9.17, 15) is 19.2 Å². The van der Waals surface area contributed by atoms with Crippen molar-refractivity contribution < 1.29 is 28.7 Å². The molecule has 0 aromatic carbocycles. The highest BCUT2D eigenvalue weighted by molar-refractivity contribution is 7.12. The van der Waals surface area contributed by atoms with E-state index in [4.69, 9.17) is 9.47 Å². The molecule has 0 amide bonds. The number of thiophene rings is 1. The molecule has 7 nitrogen and oxygen atoms in total. The van der Waals surface area contributed by atoms with Crippen LogP contribution in [0.4, 0.5) is 0 Å². The van der Waals surface area contributed by atoms with Gasteiger partial charge >= 0.3 is 11.9 Å². The van der Waals surface area contributed by atoms with Gasteiger partial charge in [-0.3, -0.25) is 14.4 Å². The minimum Gasteiger partial charge on any atom is -0.462 e.